The average Bonchev–Trinajstić information content (AvgIpc) is 2.83. The van der Waals surface area contributed by atoms with Crippen LogP contribution in [0.3, 0.4) is 0 Å². The molecule has 80 valence electrons. The molecular formula is C12H20O2. The van der Waals surface area contributed by atoms with Gasteiger partial charge in [0.1, 0.15) is 5.60 Å². The van der Waals surface area contributed by atoms with Crippen molar-refractivity contribution in [3.8, 4) is 0 Å². The van der Waals surface area contributed by atoms with E-state index in [-0.39, 0.29) is 17.3 Å². The van der Waals surface area contributed by atoms with Crippen LogP contribution in [0.5, 0.6) is 0 Å². The van der Waals surface area contributed by atoms with Crippen LogP contribution in [0.4, 0.5) is 0 Å². The number of hydrogen-bond acceptors (Lipinski definition) is 2. The predicted octanol–water partition coefficient (Wildman–Crippen LogP) is 1.96. The Morgan fingerprint density at radius 3 is 2.36 bits per heavy atom. The summed E-state index contributed by atoms with van der Waals surface area (Å²) in [4.78, 5) is 0. The van der Waals surface area contributed by atoms with Crippen molar-refractivity contribution in [3.05, 3.63) is 0 Å². The van der Waals surface area contributed by atoms with E-state index in [2.05, 4.69) is 20.8 Å². The summed E-state index contributed by atoms with van der Waals surface area (Å²) < 4.78 is 5.86. The van der Waals surface area contributed by atoms with Crippen molar-refractivity contribution in [1.29, 1.82) is 0 Å². The summed E-state index contributed by atoms with van der Waals surface area (Å²) in [7, 11) is 0. The van der Waals surface area contributed by atoms with Crippen molar-refractivity contribution in [3.63, 3.8) is 0 Å². The van der Waals surface area contributed by atoms with Gasteiger partial charge in [-0.2, -0.15) is 0 Å². The van der Waals surface area contributed by atoms with Gasteiger partial charge >= 0.3 is 0 Å². The molecule has 1 saturated heterocycles. The summed E-state index contributed by atoms with van der Waals surface area (Å²) in [5, 5.41) is 9.82. The zero-order chi connectivity index (χ0) is 10.4. The Morgan fingerprint density at radius 2 is 1.79 bits per heavy atom. The van der Waals surface area contributed by atoms with E-state index in [0.29, 0.717) is 5.41 Å². The fraction of sp³-hybridized carbons (Fsp3) is 1.00. The van der Waals surface area contributed by atoms with Gasteiger partial charge in [0.25, 0.3) is 0 Å². The topological polar surface area (TPSA) is 32.8 Å². The minimum Gasteiger partial charge on any atom is -0.390 e. The second-order valence-corrected chi connectivity index (χ2v) is 6.34. The number of rotatable bonds is 1. The Balaban J connectivity index is 1.88. The molecule has 0 aromatic rings. The first kappa shape index (κ1) is 9.17. The van der Waals surface area contributed by atoms with E-state index >= 15 is 0 Å². The van der Waals surface area contributed by atoms with Gasteiger partial charge in [0.2, 0.25) is 0 Å². The highest BCUT2D eigenvalue weighted by molar-refractivity contribution is 5.27. The summed E-state index contributed by atoms with van der Waals surface area (Å²) in [5.41, 5.74) is 0.291. The van der Waals surface area contributed by atoms with Crippen molar-refractivity contribution >= 4 is 0 Å². The van der Waals surface area contributed by atoms with Crippen LogP contribution in [0.1, 0.15) is 40.5 Å². The molecule has 0 aromatic heterocycles. The molecule has 1 heterocycles. The van der Waals surface area contributed by atoms with E-state index in [1.807, 2.05) is 6.92 Å². The van der Waals surface area contributed by atoms with E-state index in [1.165, 1.54) is 0 Å². The molecule has 0 amide bonds. The molecule has 0 spiro atoms. The van der Waals surface area contributed by atoms with Crippen molar-refractivity contribution in [1.82, 2.24) is 0 Å². The normalized spacial score (nSPS) is 59.8. The smallest absolute Gasteiger partial charge is 0.123 e. The van der Waals surface area contributed by atoms with Gasteiger partial charge in [0, 0.05) is 0 Å². The van der Waals surface area contributed by atoms with Crippen LogP contribution in [0.15, 0.2) is 0 Å². The standard InChI is InChI=1S/C12H20O2/c1-7(13)12-6-9-8(10(9,2)3)5-11(12,4)14-12/h7-9,13H,5-6H2,1-4H3/t7?,8-,9+,11-,12-/m0/s1. The van der Waals surface area contributed by atoms with Gasteiger partial charge in [0.05, 0.1) is 11.7 Å². The molecule has 2 heteroatoms. The molecule has 2 aliphatic carbocycles. The average molecular weight is 196 g/mol. The molecule has 0 bridgehead atoms. The van der Waals surface area contributed by atoms with Crippen LogP contribution in [-0.4, -0.2) is 22.4 Å². The van der Waals surface area contributed by atoms with E-state index in [9.17, 15) is 5.11 Å². The van der Waals surface area contributed by atoms with E-state index in [0.717, 1.165) is 24.7 Å². The van der Waals surface area contributed by atoms with Gasteiger partial charge < -0.3 is 9.84 Å². The summed E-state index contributed by atoms with van der Waals surface area (Å²) in [6.45, 7) is 8.75. The fourth-order valence-electron chi connectivity index (χ4n) is 3.96. The van der Waals surface area contributed by atoms with Crippen LogP contribution in [-0.2, 0) is 4.74 Å². The maximum Gasteiger partial charge on any atom is 0.123 e. The molecule has 0 aromatic carbocycles. The lowest BCUT2D eigenvalue weighted by Crippen LogP contribution is -2.37. The van der Waals surface area contributed by atoms with Crippen LogP contribution in [0.25, 0.3) is 0 Å². The quantitative estimate of drug-likeness (QED) is 0.650. The lowest BCUT2D eigenvalue weighted by molar-refractivity contribution is 0.0773. The highest BCUT2D eigenvalue weighted by atomic mass is 16.6. The molecule has 2 saturated carbocycles. The zero-order valence-corrected chi connectivity index (χ0v) is 9.50. The van der Waals surface area contributed by atoms with Crippen LogP contribution in [0.2, 0.25) is 0 Å². The van der Waals surface area contributed by atoms with Gasteiger partial charge in [-0.3, -0.25) is 0 Å². The summed E-state index contributed by atoms with van der Waals surface area (Å²) in [6.07, 6.45) is 1.90. The SMILES string of the molecule is CC(O)[C@@]12C[C@@H]3[C@H](C[C@]1(C)O2)C3(C)C. The Morgan fingerprint density at radius 1 is 1.21 bits per heavy atom. The zero-order valence-electron chi connectivity index (χ0n) is 9.50. The Kier molecular flexibility index (Phi) is 1.34. The van der Waals surface area contributed by atoms with Crippen LogP contribution in [0, 0.1) is 17.3 Å². The van der Waals surface area contributed by atoms with Gasteiger partial charge in [-0.05, 0) is 43.9 Å². The van der Waals surface area contributed by atoms with E-state index in [4.69, 9.17) is 4.74 Å². The lowest BCUT2D eigenvalue weighted by atomic mass is 9.78. The molecule has 1 unspecified atom stereocenters. The maximum absolute atomic E-state index is 9.82. The molecule has 3 fully saturated rings. The third kappa shape index (κ3) is 0.772. The number of epoxide rings is 1. The van der Waals surface area contributed by atoms with Crippen molar-refractivity contribution in [2.45, 2.75) is 57.8 Å². The molecule has 5 atom stereocenters. The first-order valence-electron chi connectivity index (χ1n) is 5.72. The molecule has 0 radical (unpaired) electrons. The Bertz CT molecular complexity index is 297. The van der Waals surface area contributed by atoms with Gasteiger partial charge in [-0.1, -0.05) is 13.8 Å². The molecule has 3 aliphatic rings. The Labute approximate surface area is 85.6 Å². The van der Waals surface area contributed by atoms with Crippen LogP contribution < -0.4 is 0 Å². The highest BCUT2D eigenvalue weighted by Crippen LogP contribution is 2.75. The second-order valence-electron chi connectivity index (χ2n) is 6.34. The molecule has 1 aliphatic heterocycles. The van der Waals surface area contributed by atoms with Crippen molar-refractivity contribution in [2.24, 2.45) is 17.3 Å². The van der Waals surface area contributed by atoms with Crippen LogP contribution >= 0.6 is 0 Å². The first-order chi connectivity index (χ1) is 6.33. The Hall–Kier alpha value is -0.0800. The third-order valence-corrected chi connectivity index (χ3v) is 5.36. The summed E-state index contributed by atoms with van der Waals surface area (Å²) >= 11 is 0. The lowest BCUT2D eigenvalue weighted by Gasteiger charge is -2.23. The largest absolute Gasteiger partial charge is 0.390 e. The van der Waals surface area contributed by atoms with Gasteiger partial charge in [0.15, 0.2) is 0 Å². The minimum atomic E-state index is -0.315. The van der Waals surface area contributed by atoms with E-state index in [1.54, 1.807) is 0 Å². The van der Waals surface area contributed by atoms with E-state index < -0.39 is 0 Å². The van der Waals surface area contributed by atoms with Gasteiger partial charge in [-0.25, -0.2) is 0 Å². The summed E-state index contributed by atoms with van der Waals surface area (Å²) in [6, 6.07) is 0. The predicted molar refractivity (Wildman–Crippen MR) is 53.9 cm³/mol. The number of hydrogen-bond donors (Lipinski definition) is 1. The third-order valence-electron chi connectivity index (χ3n) is 5.36. The van der Waals surface area contributed by atoms with Gasteiger partial charge in [-0.15, -0.1) is 0 Å². The number of fused-ring (bicyclic) bond motifs is 2. The molecule has 14 heavy (non-hydrogen) atoms. The monoisotopic (exact) mass is 196 g/mol. The molecule has 1 N–H and O–H groups in total. The molecule has 2 nitrogen and oxygen atoms in total. The first-order valence-corrected chi connectivity index (χ1v) is 5.72. The molecule has 3 rings (SSSR count). The number of aliphatic hydroxyl groups is 1. The molecular weight excluding hydrogens is 176 g/mol. The number of ether oxygens (including phenoxy) is 1. The summed E-state index contributed by atoms with van der Waals surface area (Å²) in [5.74, 6) is 1.62. The maximum atomic E-state index is 9.82. The fourth-order valence-corrected chi connectivity index (χ4v) is 3.96. The van der Waals surface area contributed by atoms with Crippen molar-refractivity contribution in [2.75, 3.05) is 0 Å². The number of aliphatic hydroxyl groups excluding tert-OH is 1. The minimum absolute atomic E-state index is 0.0178. The van der Waals surface area contributed by atoms with Crippen molar-refractivity contribution < 1.29 is 9.84 Å². The second kappa shape index (κ2) is 2.05. The highest BCUT2D eigenvalue weighted by Gasteiger charge is 2.79.